The van der Waals surface area contributed by atoms with Crippen LogP contribution in [0.5, 0.6) is 5.75 Å². The van der Waals surface area contributed by atoms with Crippen molar-refractivity contribution in [2.45, 2.75) is 66.4 Å². The highest BCUT2D eigenvalue weighted by molar-refractivity contribution is 6.25. The normalized spacial score (nSPS) is 31.9. The van der Waals surface area contributed by atoms with Crippen LogP contribution in [0.3, 0.4) is 0 Å². The zero-order valence-electron chi connectivity index (χ0n) is 23.8. The predicted octanol–water partition coefficient (Wildman–Crippen LogP) is 5.64. The molecule has 1 aromatic rings. The smallest absolute Gasteiger partial charge is 0.209 e. The van der Waals surface area contributed by atoms with Gasteiger partial charge in [-0.1, -0.05) is 58.1 Å². The van der Waals surface area contributed by atoms with Crippen molar-refractivity contribution in [2.24, 2.45) is 22.7 Å². The fraction of sp³-hybridized carbons (Fsp3) is 0.424. The van der Waals surface area contributed by atoms with E-state index < -0.39 is 51.0 Å². The van der Waals surface area contributed by atoms with Crippen LogP contribution in [0.2, 0.25) is 0 Å². The van der Waals surface area contributed by atoms with Crippen LogP contribution < -0.4 is 0 Å². The van der Waals surface area contributed by atoms with Crippen molar-refractivity contribution >= 4 is 22.9 Å². The number of Topliss-reactive ketones (excluding diaryl/α,β-unsaturated/α-hetero) is 3. The third-order valence-corrected chi connectivity index (χ3v) is 9.51. The number of phenolic OH excluding ortho intramolecular Hbond substituents is 1. The van der Waals surface area contributed by atoms with E-state index in [4.69, 9.17) is 0 Å². The van der Waals surface area contributed by atoms with Gasteiger partial charge in [-0.15, -0.1) is 0 Å². The lowest BCUT2D eigenvalue weighted by molar-refractivity contribution is -0.171. The van der Waals surface area contributed by atoms with Crippen LogP contribution in [0.1, 0.15) is 75.9 Å². The number of allylic oxidation sites excluding steroid dienone is 8. The maximum Gasteiger partial charge on any atom is 0.209 e. The lowest BCUT2D eigenvalue weighted by Crippen LogP contribution is -2.67. The number of hydrogen-bond acceptors (Lipinski definition) is 7. The molecule has 0 saturated carbocycles. The lowest BCUT2D eigenvalue weighted by atomic mass is 9.44. The Morgan fingerprint density at radius 1 is 1.10 bits per heavy atom. The summed E-state index contributed by atoms with van der Waals surface area (Å²) in [7, 11) is 0. The summed E-state index contributed by atoms with van der Waals surface area (Å²) in [5.41, 5.74) is -2.16. The largest absolute Gasteiger partial charge is 0.511 e. The molecular weight excluding hydrogens is 508 g/mol. The Morgan fingerprint density at radius 3 is 2.38 bits per heavy atom. The number of aliphatic hydroxyl groups is 3. The molecule has 0 heterocycles. The number of aromatic hydroxyl groups is 1. The Hall–Kier alpha value is -3.71. The summed E-state index contributed by atoms with van der Waals surface area (Å²) >= 11 is 0. The lowest BCUT2D eigenvalue weighted by Gasteiger charge is -2.59. The fourth-order valence-corrected chi connectivity index (χ4v) is 8.09. The monoisotopic (exact) mass is 544 g/mol. The average Bonchev–Trinajstić information content (AvgIpc) is 3.29. The van der Waals surface area contributed by atoms with Crippen LogP contribution in [0, 0.1) is 22.7 Å². The van der Waals surface area contributed by atoms with E-state index in [2.05, 4.69) is 0 Å². The Balaban J connectivity index is 1.75. The molecule has 7 nitrogen and oxygen atoms in total. The van der Waals surface area contributed by atoms with E-state index in [9.17, 15) is 34.8 Å². The van der Waals surface area contributed by atoms with Gasteiger partial charge in [-0.3, -0.25) is 14.4 Å². The molecule has 40 heavy (non-hydrogen) atoms. The molecule has 7 heteroatoms. The van der Waals surface area contributed by atoms with Gasteiger partial charge in [0.15, 0.2) is 17.2 Å². The van der Waals surface area contributed by atoms with Crippen LogP contribution in [-0.4, -0.2) is 43.4 Å². The Morgan fingerprint density at radius 2 is 1.77 bits per heavy atom. The van der Waals surface area contributed by atoms with Crippen molar-refractivity contribution in [3.63, 3.8) is 0 Å². The zero-order valence-corrected chi connectivity index (χ0v) is 23.8. The number of carbonyl (C=O) groups excluding carboxylic acids is 3. The summed E-state index contributed by atoms with van der Waals surface area (Å²) in [6.07, 6.45) is 8.98. The molecule has 1 aromatic carbocycles. The maximum absolute atomic E-state index is 14.2. The third kappa shape index (κ3) is 3.43. The summed E-state index contributed by atoms with van der Waals surface area (Å²) in [5.74, 6) is -5.10. The van der Waals surface area contributed by atoms with Crippen molar-refractivity contribution < 1.29 is 34.8 Å². The van der Waals surface area contributed by atoms with Crippen LogP contribution >= 0.6 is 0 Å². The number of rotatable bonds is 4. The van der Waals surface area contributed by atoms with Gasteiger partial charge < -0.3 is 20.4 Å². The molecule has 4 atom stereocenters. The summed E-state index contributed by atoms with van der Waals surface area (Å²) < 4.78 is 0. The minimum atomic E-state index is -2.61. The number of aliphatic hydroxyl groups excluding tert-OH is 2. The van der Waals surface area contributed by atoms with Gasteiger partial charge in [0, 0.05) is 22.3 Å². The topological polar surface area (TPSA) is 132 Å². The highest BCUT2D eigenvalue weighted by Gasteiger charge is 2.71. The van der Waals surface area contributed by atoms with E-state index in [0.29, 0.717) is 12.0 Å². The molecule has 0 aliphatic heterocycles. The first-order chi connectivity index (χ1) is 18.6. The third-order valence-electron chi connectivity index (χ3n) is 9.51. The molecule has 0 saturated heterocycles. The van der Waals surface area contributed by atoms with E-state index >= 15 is 0 Å². The molecule has 5 rings (SSSR count). The van der Waals surface area contributed by atoms with E-state index in [1.54, 1.807) is 13.0 Å². The van der Waals surface area contributed by atoms with Gasteiger partial charge in [-0.05, 0) is 67.4 Å². The number of benzene rings is 1. The van der Waals surface area contributed by atoms with Gasteiger partial charge in [0.05, 0.1) is 5.56 Å². The van der Waals surface area contributed by atoms with Gasteiger partial charge in [0.25, 0.3) is 0 Å². The van der Waals surface area contributed by atoms with Crippen molar-refractivity contribution in [1.82, 2.24) is 0 Å². The summed E-state index contributed by atoms with van der Waals surface area (Å²) in [4.78, 5) is 40.4. The molecule has 4 aliphatic carbocycles. The average molecular weight is 545 g/mol. The molecular formula is C33H36O7. The zero-order chi connectivity index (χ0) is 29.5. The quantitative estimate of drug-likeness (QED) is 0.361. The van der Waals surface area contributed by atoms with Crippen LogP contribution in [-0.2, 0) is 16.0 Å². The summed E-state index contributed by atoms with van der Waals surface area (Å²) in [6.45, 7) is 10.2. The van der Waals surface area contributed by atoms with Gasteiger partial charge >= 0.3 is 0 Å². The van der Waals surface area contributed by atoms with Gasteiger partial charge in [-0.25, -0.2) is 0 Å². The Labute approximate surface area is 233 Å². The van der Waals surface area contributed by atoms with Crippen LogP contribution in [0.25, 0.3) is 5.57 Å². The molecule has 0 aromatic heterocycles. The molecule has 210 valence electrons. The van der Waals surface area contributed by atoms with Crippen molar-refractivity contribution in [3.8, 4) is 5.75 Å². The van der Waals surface area contributed by atoms with Crippen molar-refractivity contribution in [3.05, 3.63) is 81.4 Å². The SMILES string of the molecule is C/C=C/C1=CC=C(c2ccc(O)c3c2C[C@]2(C)C[C@]4(C)C(C(C)C)C(O)=C(C(C)=O)C(=O)[C@]4(O)C(O)=C2C3=O)C1. The molecule has 4 N–H and O–H groups in total. The highest BCUT2D eigenvalue weighted by Crippen LogP contribution is 2.65. The molecule has 0 spiro atoms. The van der Waals surface area contributed by atoms with E-state index in [0.717, 1.165) is 23.6 Å². The predicted molar refractivity (Wildman–Crippen MR) is 151 cm³/mol. The van der Waals surface area contributed by atoms with Crippen LogP contribution in [0.15, 0.2) is 64.7 Å². The summed E-state index contributed by atoms with van der Waals surface area (Å²) in [5, 5.41) is 46.0. The van der Waals surface area contributed by atoms with Crippen LogP contribution in [0.4, 0.5) is 0 Å². The second-order valence-electron chi connectivity index (χ2n) is 12.6. The van der Waals surface area contributed by atoms with Crippen molar-refractivity contribution in [1.29, 1.82) is 0 Å². The second kappa shape index (κ2) is 8.90. The maximum atomic E-state index is 14.2. The van der Waals surface area contributed by atoms with E-state index in [1.165, 1.54) is 6.07 Å². The number of hydrogen-bond donors (Lipinski definition) is 4. The Bertz CT molecular complexity index is 1550. The van der Waals surface area contributed by atoms with E-state index in [-0.39, 0.29) is 41.4 Å². The Kier molecular flexibility index (Phi) is 6.19. The number of ketones is 3. The molecule has 0 bridgehead atoms. The number of carbonyl (C=O) groups is 3. The molecule has 1 unspecified atom stereocenters. The highest BCUT2D eigenvalue weighted by atomic mass is 16.3. The first-order valence-electron chi connectivity index (χ1n) is 13.7. The first kappa shape index (κ1) is 27.8. The van der Waals surface area contributed by atoms with Gasteiger partial charge in [0.1, 0.15) is 22.8 Å². The van der Waals surface area contributed by atoms with E-state index in [1.807, 2.05) is 52.0 Å². The minimum absolute atomic E-state index is 0.0398. The first-order valence-corrected chi connectivity index (χ1v) is 13.7. The molecule has 0 fully saturated rings. The van der Waals surface area contributed by atoms with Gasteiger partial charge in [0.2, 0.25) is 5.78 Å². The standard InChI is InChI=1S/C33H36O7/c1-7-8-18-9-10-19(13-18)20-11-12-22(35)24-21(20)14-31(5)15-32(6)25(16(2)3)27(36)23(17(4)34)29(38)33(32,40)30(39)26(31)28(24)37/h7-12,16,25,35-36,39-40H,13-15H2,1-6H3/b8-7+/t25?,31-,32-,33+/m1/s1. The minimum Gasteiger partial charge on any atom is -0.511 e. The van der Waals surface area contributed by atoms with Gasteiger partial charge in [-0.2, -0.15) is 0 Å². The van der Waals surface area contributed by atoms with Crippen molar-refractivity contribution in [2.75, 3.05) is 0 Å². The number of phenols is 1. The molecule has 4 aliphatic rings. The number of fused-ring (bicyclic) bond motifs is 3. The molecule has 0 amide bonds. The second-order valence-corrected chi connectivity index (χ2v) is 12.6. The summed E-state index contributed by atoms with van der Waals surface area (Å²) in [6, 6.07) is 3.25. The fourth-order valence-electron chi connectivity index (χ4n) is 8.09. The molecule has 0 radical (unpaired) electrons.